The van der Waals surface area contributed by atoms with Crippen molar-refractivity contribution in [3.63, 3.8) is 0 Å². The molecule has 0 heterocycles. The van der Waals surface area contributed by atoms with Crippen molar-refractivity contribution in [1.29, 1.82) is 0 Å². The van der Waals surface area contributed by atoms with Gasteiger partial charge in [0.15, 0.2) is 0 Å². The molecule has 0 saturated heterocycles. The van der Waals surface area contributed by atoms with Crippen LogP contribution in [0, 0.1) is 0 Å². The Bertz CT molecular complexity index is 199. The number of hydrogen-bond donors (Lipinski definition) is 1. The van der Waals surface area contributed by atoms with Gasteiger partial charge in [0.1, 0.15) is 0 Å². The summed E-state index contributed by atoms with van der Waals surface area (Å²) in [4.78, 5) is 3.46. The molecule has 4 heteroatoms. The molecule has 0 aliphatic carbocycles. The summed E-state index contributed by atoms with van der Waals surface area (Å²) in [5, 5.41) is 0. The summed E-state index contributed by atoms with van der Waals surface area (Å²) in [6, 6.07) is 0.395. The van der Waals surface area contributed by atoms with Crippen molar-refractivity contribution in [1.82, 2.24) is 4.98 Å². The Morgan fingerprint density at radius 2 is 1.29 bits per heavy atom. The number of hydrogen-bond acceptors (Lipinski definition) is 3. The first-order valence-electron chi connectivity index (χ1n) is 6.73. The fourth-order valence-corrected chi connectivity index (χ4v) is 3.33. The van der Waals surface area contributed by atoms with Crippen molar-refractivity contribution in [3.05, 3.63) is 0 Å². The SMILES string of the molecule is CCC(C)(C)O[SiH](NC(C)C)OC(C)(C)CC. The fraction of sp³-hybridized carbons (Fsp3) is 1.00. The van der Waals surface area contributed by atoms with E-state index in [9.17, 15) is 0 Å². The largest absolute Gasteiger partial charge is 0.409 e. The Morgan fingerprint density at radius 3 is 1.53 bits per heavy atom. The molecule has 104 valence electrons. The summed E-state index contributed by atoms with van der Waals surface area (Å²) in [5.74, 6) is 0. The highest BCUT2D eigenvalue weighted by atomic mass is 28.3. The normalized spacial score (nSPS) is 13.8. The summed E-state index contributed by atoms with van der Waals surface area (Å²) in [5.41, 5.74) is -0.217. The predicted molar refractivity (Wildman–Crippen MR) is 76.3 cm³/mol. The lowest BCUT2D eigenvalue weighted by Gasteiger charge is -2.35. The van der Waals surface area contributed by atoms with Gasteiger partial charge in [-0.25, -0.2) is 0 Å². The first-order chi connectivity index (χ1) is 7.62. The van der Waals surface area contributed by atoms with Crippen molar-refractivity contribution in [3.8, 4) is 0 Å². The molecule has 0 atom stereocenters. The number of nitrogens with one attached hydrogen (secondary N) is 1. The molecule has 0 unspecified atom stereocenters. The second-order valence-electron chi connectivity index (χ2n) is 6.12. The Morgan fingerprint density at radius 1 is 0.941 bits per heavy atom. The Kier molecular flexibility index (Phi) is 6.92. The van der Waals surface area contributed by atoms with E-state index in [0.29, 0.717) is 6.04 Å². The Balaban J connectivity index is 4.54. The van der Waals surface area contributed by atoms with Crippen LogP contribution in [-0.2, 0) is 8.85 Å². The molecule has 0 spiro atoms. The van der Waals surface area contributed by atoms with Crippen molar-refractivity contribution >= 4 is 9.45 Å². The van der Waals surface area contributed by atoms with Gasteiger partial charge >= 0.3 is 9.45 Å². The molecule has 0 rings (SSSR count). The fourth-order valence-electron chi connectivity index (χ4n) is 1.11. The van der Waals surface area contributed by atoms with Crippen molar-refractivity contribution in [2.75, 3.05) is 0 Å². The van der Waals surface area contributed by atoms with Crippen LogP contribution in [0.15, 0.2) is 0 Å². The van der Waals surface area contributed by atoms with Crippen LogP contribution in [0.25, 0.3) is 0 Å². The average Bonchev–Trinajstić information content (AvgIpc) is 2.15. The van der Waals surface area contributed by atoms with Crippen LogP contribution in [0.5, 0.6) is 0 Å². The van der Waals surface area contributed by atoms with Gasteiger partial charge in [-0.05, 0) is 46.6 Å². The summed E-state index contributed by atoms with van der Waals surface area (Å²) >= 11 is 0. The lowest BCUT2D eigenvalue weighted by Crippen LogP contribution is -2.52. The van der Waals surface area contributed by atoms with E-state index in [0.717, 1.165) is 12.8 Å². The first-order valence-corrected chi connectivity index (χ1v) is 8.25. The monoisotopic (exact) mass is 261 g/mol. The van der Waals surface area contributed by atoms with Crippen LogP contribution in [0.4, 0.5) is 0 Å². The molecule has 0 aliphatic rings. The highest BCUT2D eigenvalue weighted by Crippen LogP contribution is 2.20. The second kappa shape index (κ2) is 6.88. The van der Waals surface area contributed by atoms with Gasteiger partial charge in [-0.2, -0.15) is 0 Å². The minimum Gasteiger partial charge on any atom is -0.380 e. The van der Waals surface area contributed by atoms with E-state index in [1.165, 1.54) is 0 Å². The Hall–Kier alpha value is 0.0969. The molecule has 0 bridgehead atoms. The molecule has 0 aromatic heterocycles. The van der Waals surface area contributed by atoms with Gasteiger partial charge in [0, 0.05) is 0 Å². The number of rotatable bonds is 8. The first kappa shape index (κ1) is 17.1. The van der Waals surface area contributed by atoms with E-state index in [1.54, 1.807) is 0 Å². The summed E-state index contributed by atoms with van der Waals surface area (Å²) < 4.78 is 12.3. The molecular formula is C13H31NO2Si. The molecule has 3 nitrogen and oxygen atoms in total. The van der Waals surface area contributed by atoms with Crippen LogP contribution >= 0.6 is 0 Å². The molecule has 0 saturated carbocycles. The molecule has 0 radical (unpaired) electrons. The van der Waals surface area contributed by atoms with E-state index in [4.69, 9.17) is 8.85 Å². The zero-order valence-electron chi connectivity index (χ0n) is 12.9. The van der Waals surface area contributed by atoms with E-state index in [-0.39, 0.29) is 11.2 Å². The van der Waals surface area contributed by atoms with Gasteiger partial charge in [-0.15, -0.1) is 0 Å². The molecular weight excluding hydrogens is 230 g/mol. The molecule has 0 fully saturated rings. The van der Waals surface area contributed by atoms with Crippen LogP contribution in [0.3, 0.4) is 0 Å². The van der Waals surface area contributed by atoms with Gasteiger partial charge in [-0.1, -0.05) is 27.7 Å². The smallest absolute Gasteiger partial charge is 0.380 e. The van der Waals surface area contributed by atoms with Crippen LogP contribution < -0.4 is 4.98 Å². The lowest BCUT2D eigenvalue weighted by molar-refractivity contribution is 0.00735. The molecule has 0 amide bonds. The van der Waals surface area contributed by atoms with Crippen molar-refractivity contribution < 1.29 is 8.85 Å². The summed E-state index contributed by atoms with van der Waals surface area (Å²) in [7, 11) is -1.83. The third-order valence-electron chi connectivity index (χ3n) is 3.02. The van der Waals surface area contributed by atoms with Crippen LogP contribution in [-0.4, -0.2) is 26.7 Å². The van der Waals surface area contributed by atoms with Crippen LogP contribution in [0.2, 0.25) is 0 Å². The summed E-state index contributed by atoms with van der Waals surface area (Å²) in [6.07, 6.45) is 1.98. The van der Waals surface area contributed by atoms with Gasteiger partial charge in [0.05, 0.1) is 11.2 Å². The lowest BCUT2D eigenvalue weighted by atomic mass is 10.1. The zero-order valence-corrected chi connectivity index (χ0v) is 14.0. The zero-order chi connectivity index (χ0) is 13.7. The topological polar surface area (TPSA) is 30.5 Å². The Labute approximate surface area is 109 Å². The maximum Gasteiger partial charge on any atom is 0.409 e. The standard InChI is InChI=1S/C13H31NO2Si/c1-9-12(5,6)15-17(14-11(3)4)16-13(7,8)10-2/h11,14,17H,9-10H2,1-8H3. The van der Waals surface area contributed by atoms with Gasteiger partial charge in [0.25, 0.3) is 0 Å². The van der Waals surface area contributed by atoms with Crippen LogP contribution in [0.1, 0.15) is 68.2 Å². The van der Waals surface area contributed by atoms with Gasteiger partial charge in [0.2, 0.25) is 0 Å². The molecule has 0 aliphatic heterocycles. The van der Waals surface area contributed by atoms with E-state index < -0.39 is 9.45 Å². The third-order valence-corrected chi connectivity index (χ3v) is 5.67. The highest BCUT2D eigenvalue weighted by Gasteiger charge is 2.30. The third kappa shape index (κ3) is 7.92. The molecule has 1 N–H and O–H groups in total. The average molecular weight is 261 g/mol. The second-order valence-corrected chi connectivity index (χ2v) is 7.58. The predicted octanol–water partition coefficient (Wildman–Crippen LogP) is 3.11. The molecule has 17 heavy (non-hydrogen) atoms. The minimum absolute atomic E-state index is 0.109. The minimum atomic E-state index is -1.83. The van der Waals surface area contributed by atoms with Crippen molar-refractivity contribution in [2.45, 2.75) is 85.5 Å². The van der Waals surface area contributed by atoms with Crippen molar-refractivity contribution in [2.24, 2.45) is 0 Å². The van der Waals surface area contributed by atoms with Gasteiger partial charge < -0.3 is 8.85 Å². The van der Waals surface area contributed by atoms with E-state index in [1.807, 2.05) is 0 Å². The summed E-state index contributed by atoms with van der Waals surface area (Å²) in [6.45, 7) is 17.0. The van der Waals surface area contributed by atoms with E-state index >= 15 is 0 Å². The quantitative estimate of drug-likeness (QED) is 0.681. The highest BCUT2D eigenvalue weighted by molar-refractivity contribution is 6.41. The molecule has 0 aromatic rings. The van der Waals surface area contributed by atoms with E-state index in [2.05, 4.69) is 60.4 Å². The molecule has 0 aromatic carbocycles. The maximum atomic E-state index is 6.14. The van der Waals surface area contributed by atoms with Gasteiger partial charge in [-0.3, -0.25) is 4.98 Å². The maximum absolute atomic E-state index is 6.14.